The fraction of sp³-hybridized carbons (Fsp3) is 0.647. The third-order valence-corrected chi connectivity index (χ3v) is 3.89. The van der Waals surface area contributed by atoms with Gasteiger partial charge in [0.1, 0.15) is 0 Å². The first kappa shape index (κ1) is 17.6. The maximum atomic E-state index is 10.9. The van der Waals surface area contributed by atoms with Crippen LogP contribution >= 0.6 is 0 Å². The largest absolute Gasteiger partial charge is 0.313 e. The van der Waals surface area contributed by atoms with E-state index < -0.39 is 0 Å². The number of nitro benzene ring substituents is 1. The number of nitrogens with one attached hydrogen (secondary N) is 1. The Labute approximate surface area is 128 Å². The Morgan fingerprint density at radius 2 is 1.76 bits per heavy atom. The molecule has 0 heterocycles. The van der Waals surface area contributed by atoms with E-state index in [1.807, 2.05) is 13.0 Å². The van der Waals surface area contributed by atoms with Gasteiger partial charge < -0.3 is 5.32 Å². The molecule has 0 spiro atoms. The molecule has 0 bridgehead atoms. The van der Waals surface area contributed by atoms with Crippen LogP contribution < -0.4 is 5.32 Å². The van der Waals surface area contributed by atoms with Crippen molar-refractivity contribution in [3.8, 4) is 0 Å². The van der Waals surface area contributed by atoms with E-state index in [9.17, 15) is 10.1 Å². The van der Waals surface area contributed by atoms with E-state index >= 15 is 0 Å². The van der Waals surface area contributed by atoms with Gasteiger partial charge in [-0.25, -0.2) is 0 Å². The van der Waals surface area contributed by atoms with Gasteiger partial charge in [0.25, 0.3) is 5.69 Å². The van der Waals surface area contributed by atoms with Crippen LogP contribution in [0.2, 0.25) is 0 Å². The minimum absolute atomic E-state index is 0.213. The van der Waals surface area contributed by atoms with Crippen LogP contribution in [0.3, 0.4) is 0 Å². The highest BCUT2D eigenvalue weighted by atomic mass is 16.6. The number of nitro groups is 1. The molecular formula is C17H28N2O2. The van der Waals surface area contributed by atoms with E-state index in [4.69, 9.17) is 0 Å². The van der Waals surface area contributed by atoms with Crippen molar-refractivity contribution >= 4 is 5.69 Å². The van der Waals surface area contributed by atoms with Gasteiger partial charge in [-0.3, -0.25) is 10.1 Å². The lowest BCUT2D eigenvalue weighted by Crippen LogP contribution is -2.15. The molecular weight excluding hydrogens is 264 g/mol. The molecule has 0 radical (unpaired) electrons. The highest BCUT2D eigenvalue weighted by Gasteiger charge is 2.12. The zero-order valence-electron chi connectivity index (χ0n) is 13.4. The summed E-state index contributed by atoms with van der Waals surface area (Å²) in [5, 5.41) is 14.3. The van der Waals surface area contributed by atoms with Gasteiger partial charge in [0, 0.05) is 18.2 Å². The first-order valence-corrected chi connectivity index (χ1v) is 8.10. The van der Waals surface area contributed by atoms with Gasteiger partial charge in [0.2, 0.25) is 0 Å². The lowest BCUT2D eigenvalue weighted by molar-refractivity contribution is -0.385. The Kier molecular flexibility index (Phi) is 8.67. The second-order valence-corrected chi connectivity index (χ2v) is 5.62. The monoisotopic (exact) mass is 292 g/mol. The molecule has 0 aromatic heterocycles. The number of hydrogen-bond acceptors (Lipinski definition) is 3. The molecule has 1 aromatic carbocycles. The van der Waals surface area contributed by atoms with Crippen molar-refractivity contribution in [1.82, 2.24) is 5.32 Å². The van der Waals surface area contributed by atoms with Crippen molar-refractivity contribution in [2.75, 3.05) is 6.54 Å². The Morgan fingerprint density at radius 1 is 1.10 bits per heavy atom. The fourth-order valence-corrected chi connectivity index (χ4v) is 2.49. The molecule has 4 nitrogen and oxygen atoms in total. The van der Waals surface area contributed by atoms with E-state index in [0.717, 1.165) is 17.7 Å². The van der Waals surface area contributed by atoms with Gasteiger partial charge in [0.15, 0.2) is 0 Å². The first-order valence-electron chi connectivity index (χ1n) is 8.10. The predicted molar refractivity (Wildman–Crippen MR) is 87.5 cm³/mol. The predicted octanol–water partition coefficient (Wildman–Crippen LogP) is 4.74. The summed E-state index contributed by atoms with van der Waals surface area (Å²) in [4.78, 5) is 10.6. The second kappa shape index (κ2) is 10.3. The van der Waals surface area contributed by atoms with Crippen LogP contribution in [0.5, 0.6) is 0 Å². The molecule has 0 aliphatic heterocycles. The van der Waals surface area contributed by atoms with E-state index in [2.05, 4.69) is 12.2 Å². The van der Waals surface area contributed by atoms with E-state index in [1.54, 1.807) is 12.1 Å². The van der Waals surface area contributed by atoms with Crippen LogP contribution in [0, 0.1) is 17.0 Å². The van der Waals surface area contributed by atoms with Gasteiger partial charge in [-0.15, -0.1) is 0 Å². The molecule has 0 unspecified atom stereocenters. The minimum Gasteiger partial charge on any atom is -0.313 e. The molecule has 0 fully saturated rings. The Balaban J connectivity index is 2.19. The SMILES string of the molecule is CCCCCCCCCNCc1cccc([N+](=O)[O-])c1C. The van der Waals surface area contributed by atoms with Gasteiger partial charge in [0.05, 0.1) is 4.92 Å². The van der Waals surface area contributed by atoms with Crippen molar-refractivity contribution < 1.29 is 4.92 Å². The number of rotatable bonds is 11. The summed E-state index contributed by atoms with van der Waals surface area (Å²) in [6.07, 6.45) is 9.12. The van der Waals surface area contributed by atoms with Crippen LogP contribution in [0.25, 0.3) is 0 Å². The van der Waals surface area contributed by atoms with Crippen molar-refractivity contribution in [3.05, 3.63) is 39.4 Å². The molecule has 0 atom stereocenters. The summed E-state index contributed by atoms with van der Waals surface area (Å²) in [7, 11) is 0. The molecule has 1 N–H and O–H groups in total. The van der Waals surface area contributed by atoms with Crippen LogP contribution in [0.15, 0.2) is 18.2 Å². The Hall–Kier alpha value is -1.42. The Bertz CT molecular complexity index is 433. The summed E-state index contributed by atoms with van der Waals surface area (Å²) in [5.74, 6) is 0. The van der Waals surface area contributed by atoms with Gasteiger partial charge in [-0.2, -0.15) is 0 Å². The van der Waals surface area contributed by atoms with Crippen LogP contribution in [0.4, 0.5) is 5.69 Å². The smallest absolute Gasteiger partial charge is 0.272 e. The summed E-state index contributed by atoms with van der Waals surface area (Å²) < 4.78 is 0. The number of unbranched alkanes of at least 4 members (excludes halogenated alkanes) is 6. The zero-order chi connectivity index (χ0) is 15.5. The molecule has 21 heavy (non-hydrogen) atoms. The van der Waals surface area contributed by atoms with Gasteiger partial charge in [-0.05, 0) is 25.5 Å². The molecule has 4 heteroatoms. The summed E-state index contributed by atoms with van der Waals surface area (Å²) in [6, 6.07) is 5.28. The number of hydrogen-bond donors (Lipinski definition) is 1. The lowest BCUT2D eigenvalue weighted by atomic mass is 10.1. The molecule has 0 saturated carbocycles. The fourth-order valence-electron chi connectivity index (χ4n) is 2.49. The molecule has 0 saturated heterocycles. The highest BCUT2D eigenvalue weighted by molar-refractivity contribution is 5.44. The van der Waals surface area contributed by atoms with Crippen LogP contribution in [-0.4, -0.2) is 11.5 Å². The molecule has 0 aliphatic rings. The molecule has 1 rings (SSSR count). The normalized spacial score (nSPS) is 10.8. The highest BCUT2D eigenvalue weighted by Crippen LogP contribution is 2.20. The minimum atomic E-state index is -0.310. The first-order chi connectivity index (χ1) is 10.2. The molecule has 0 aliphatic carbocycles. The van der Waals surface area contributed by atoms with Crippen LogP contribution in [-0.2, 0) is 6.54 Å². The topological polar surface area (TPSA) is 55.2 Å². The maximum Gasteiger partial charge on any atom is 0.272 e. The zero-order valence-corrected chi connectivity index (χ0v) is 13.4. The summed E-state index contributed by atoms with van der Waals surface area (Å²) >= 11 is 0. The number of benzene rings is 1. The van der Waals surface area contributed by atoms with E-state index in [1.165, 1.54) is 44.9 Å². The molecule has 1 aromatic rings. The molecule has 118 valence electrons. The maximum absolute atomic E-state index is 10.9. The third-order valence-electron chi connectivity index (χ3n) is 3.89. The Morgan fingerprint density at radius 3 is 2.43 bits per heavy atom. The molecule has 0 amide bonds. The number of nitrogens with zero attached hydrogens (tertiary/aromatic N) is 1. The second-order valence-electron chi connectivity index (χ2n) is 5.62. The van der Waals surface area contributed by atoms with Crippen molar-refractivity contribution in [1.29, 1.82) is 0 Å². The third kappa shape index (κ3) is 6.71. The van der Waals surface area contributed by atoms with Crippen molar-refractivity contribution in [2.45, 2.75) is 65.3 Å². The summed E-state index contributed by atoms with van der Waals surface area (Å²) in [6.45, 7) is 5.75. The van der Waals surface area contributed by atoms with Crippen molar-refractivity contribution in [3.63, 3.8) is 0 Å². The van der Waals surface area contributed by atoms with Crippen LogP contribution in [0.1, 0.15) is 63.0 Å². The van der Waals surface area contributed by atoms with Gasteiger partial charge in [-0.1, -0.05) is 57.6 Å². The van der Waals surface area contributed by atoms with Crippen molar-refractivity contribution in [2.24, 2.45) is 0 Å². The summed E-state index contributed by atoms with van der Waals surface area (Å²) in [5.41, 5.74) is 2.01. The quantitative estimate of drug-likeness (QED) is 0.364. The van der Waals surface area contributed by atoms with E-state index in [0.29, 0.717) is 6.54 Å². The van der Waals surface area contributed by atoms with E-state index in [-0.39, 0.29) is 10.6 Å². The lowest BCUT2D eigenvalue weighted by Gasteiger charge is -2.08. The van der Waals surface area contributed by atoms with Gasteiger partial charge >= 0.3 is 0 Å². The average molecular weight is 292 g/mol. The standard InChI is InChI=1S/C17H28N2O2/c1-3-4-5-6-7-8-9-13-18-14-16-11-10-12-17(15(16)2)19(20)21/h10-12,18H,3-9,13-14H2,1-2H3. The average Bonchev–Trinajstić information content (AvgIpc) is 2.46.